The highest BCUT2D eigenvalue weighted by molar-refractivity contribution is 5.95. The Kier molecular flexibility index (Phi) is 4.58. The normalized spacial score (nSPS) is 13.8. The molecule has 106 valence electrons. The minimum absolute atomic E-state index is 0.132. The zero-order valence-corrected chi connectivity index (χ0v) is 11.7. The lowest BCUT2D eigenvalue weighted by Gasteiger charge is -2.18. The smallest absolute Gasteiger partial charge is 0.255 e. The molecule has 0 saturated carbocycles. The summed E-state index contributed by atoms with van der Waals surface area (Å²) in [6.07, 6.45) is 1.37. The van der Waals surface area contributed by atoms with Gasteiger partial charge >= 0.3 is 0 Å². The van der Waals surface area contributed by atoms with E-state index < -0.39 is 6.10 Å². The van der Waals surface area contributed by atoms with Crippen molar-refractivity contribution >= 4 is 5.91 Å². The summed E-state index contributed by atoms with van der Waals surface area (Å²) < 4.78 is 5.11. The van der Waals surface area contributed by atoms with Crippen LogP contribution >= 0.6 is 0 Å². The predicted octanol–water partition coefficient (Wildman–Crippen LogP) is 2.83. The van der Waals surface area contributed by atoms with Crippen molar-refractivity contribution in [2.24, 2.45) is 0 Å². The van der Waals surface area contributed by atoms with Crippen LogP contribution in [0.3, 0.4) is 0 Å². The number of hydrogen-bond acceptors (Lipinski definition) is 3. The molecule has 2 atom stereocenters. The van der Waals surface area contributed by atoms with Gasteiger partial charge in [0.1, 0.15) is 5.76 Å². The Balaban J connectivity index is 1.91. The van der Waals surface area contributed by atoms with Gasteiger partial charge in [-0.05, 0) is 31.9 Å². The van der Waals surface area contributed by atoms with Gasteiger partial charge in [-0.2, -0.15) is 0 Å². The van der Waals surface area contributed by atoms with Crippen molar-refractivity contribution in [3.63, 3.8) is 0 Å². The second-order valence-electron chi connectivity index (χ2n) is 4.93. The number of aliphatic hydroxyl groups is 1. The molecular formula is C16H19NO3. The molecule has 0 aliphatic heterocycles. The fourth-order valence-electron chi connectivity index (χ4n) is 2.13. The van der Waals surface area contributed by atoms with Crippen LogP contribution < -0.4 is 5.32 Å². The molecule has 2 aromatic rings. The number of aryl methyl sites for hydroxylation is 1. The summed E-state index contributed by atoms with van der Waals surface area (Å²) in [7, 11) is 0. The van der Waals surface area contributed by atoms with E-state index in [1.165, 1.54) is 6.26 Å². The van der Waals surface area contributed by atoms with Crippen molar-refractivity contribution in [1.82, 2.24) is 5.32 Å². The molecule has 0 spiro atoms. The first-order valence-electron chi connectivity index (χ1n) is 6.66. The van der Waals surface area contributed by atoms with Gasteiger partial charge in [0.25, 0.3) is 5.91 Å². The maximum absolute atomic E-state index is 12.0. The molecule has 20 heavy (non-hydrogen) atoms. The average molecular weight is 273 g/mol. The van der Waals surface area contributed by atoms with Crippen LogP contribution in [0, 0.1) is 6.92 Å². The zero-order chi connectivity index (χ0) is 14.5. The molecule has 1 aromatic carbocycles. The van der Waals surface area contributed by atoms with Gasteiger partial charge in [0.05, 0.1) is 17.9 Å². The van der Waals surface area contributed by atoms with Crippen LogP contribution in [0.5, 0.6) is 0 Å². The minimum Gasteiger partial charge on any atom is -0.469 e. The van der Waals surface area contributed by atoms with E-state index in [0.717, 1.165) is 5.56 Å². The Bertz CT molecular complexity index is 562. The van der Waals surface area contributed by atoms with Crippen LogP contribution in [-0.4, -0.2) is 17.1 Å². The van der Waals surface area contributed by atoms with Crippen molar-refractivity contribution in [3.8, 4) is 0 Å². The topological polar surface area (TPSA) is 62.5 Å². The van der Waals surface area contributed by atoms with Crippen LogP contribution in [0.4, 0.5) is 0 Å². The summed E-state index contributed by atoms with van der Waals surface area (Å²) in [5.74, 6) is 0.419. The highest BCUT2D eigenvalue weighted by atomic mass is 16.3. The predicted molar refractivity (Wildman–Crippen MR) is 76.4 cm³/mol. The number of carbonyl (C=O) groups is 1. The van der Waals surface area contributed by atoms with Gasteiger partial charge < -0.3 is 14.8 Å². The van der Waals surface area contributed by atoms with Gasteiger partial charge in [0.15, 0.2) is 0 Å². The van der Waals surface area contributed by atoms with Crippen molar-refractivity contribution < 1.29 is 14.3 Å². The van der Waals surface area contributed by atoms with Crippen LogP contribution in [0.2, 0.25) is 0 Å². The molecule has 4 heteroatoms. The molecule has 2 rings (SSSR count). The van der Waals surface area contributed by atoms with E-state index in [0.29, 0.717) is 17.7 Å². The third-order valence-electron chi connectivity index (χ3n) is 3.24. The molecule has 0 aliphatic carbocycles. The molecule has 0 aliphatic rings. The maximum Gasteiger partial charge on any atom is 0.255 e. The number of nitrogens with one attached hydrogen (secondary N) is 1. The van der Waals surface area contributed by atoms with E-state index in [9.17, 15) is 9.90 Å². The van der Waals surface area contributed by atoms with Crippen molar-refractivity contribution in [2.45, 2.75) is 32.4 Å². The number of hydrogen-bond donors (Lipinski definition) is 2. The van der Waals surface area contributed by atoms with Crippen LogP contribution in [-0.2, 0) is 0 Å². The lowest BCUT2D eigenvalue weighted by atomic mass is 10.0. The summed E-state index contributed by atoms with van der Waals surface area (Å²) in [6.45, 7) is 3.62. The molecule has 2 unspecified atom stereocenters. The number of furan rings is 1. The van der Waals surface area contributed by atoms with Crippen LogP contribution in [0.15, 0.2) is 47.1 Å². The van der Waals surface area contributed by atoms with E-state index >= 15 is 0 Å². The van der Waals surface area contributed by atoms with Gasteiger partial charge in [-0.3, -0.25) is 4.79 Å². The Labute approximate surface area is 118 Å². The highest BCUT2D eigenvalue weighted by Gasteiger charge is 2.17. The lowest BCUT2D eigenvalue weighted by molar-refractivity contribution is 0.0915. The summed E-state index contributed by atoms with van der Waals surface area (Å²) in [5.41, 5.74) is 1.39. The number of carbonyl (C=O) groups excluding carboxylic acids is 1. The Morgan fingerprint density at radius 3 is 2.60 bits per heavy atom. The average Bonchev–Trinajstić information content (AvgIpc) is 2.86. The van der Waals surface area contributed by atoms with Crippen molar-refractivity contribution in [2.75, 3.05) is 0 Å². The molecule has 0 fully saturated rings. The molecule has 4 nitrogen and oxygen atoms in total. The fraction of sp³-hybridized carbons (Fsp3) is 0.312. The third kappa shape index (κ3) is 3.48. The Hall–Kier alpha value is -2.07. The second kappa shape index (κ2) is 6.39. The molecular weight excluding hydrogens is 254 g/mol. The van der Waals surface area contributed by atoms with Gasteiger partial charge in [0, 0.05) is 6.04 Å². The third-order valence-corrected chi connectivity index (χ3v) is 3.24. The van der Waals surface area contributed by atoms with Gasteiger partial charge in [-0.1, -0.05) is 30.3 Å². The van der Waals surface area contributed by atoms with E-state index in [2.05, 4.69) is 5.32 Å². The number of benzene rings is 1. The van der Waals surface area contributed by atoms with E-state index in [1.54, 1.807) is 13.0 Å². The first-order valence-corrected chi connectivity index (χ1v) is 6.66. The fourth-order valence-corrected chi connectivity index (χ4v) is 2.13. The van der Waals surface area contributed by atoms with Gasteiger partial charge in [-0.15, -0.1) is 0 Å². The molecule has 0 radical (unpaired) electrons. The molecule has 2 N–H and O–H groups in total. The Morgan fingerprint density at radius 2 is 2.00 bits per heavy atom. The SMILES string of the molecule is Cc1occc1C(=O)NC(C)CC(O)c1ccccc1. The van der Waals surface area contributed by atoms with Crippen molar-refractivity contribution in [3.05, 3.63) is 59.5 Å². The summed E-state index contributed by atoms with van der Waals surface area (Å²) in [6, 6.07) is 10.9. The molecule has 0 bridgehead atoms. The highest BCUT2D eigenvalue weighted by Crippen LogP contribution is 2.18. The van der Waals surface area contributed by atoms with E-state index in [-0.39, 0.29) is 11.9 Å². The maximum atomic E-state index is 12.0. The number of amides is 1. The quantitative estimate of drug-likeness (QED) is 0.880. The summed E-state index contributed by atoms with van der Waals surface area (Å²) in [5, 5.41) is 13.0. The zero-order valence-electron chi connectivity index (χ0n) is 11.7. The second-order valence-corrected chi connectivity index (χ2v) is 4.93. The van der Waals surface area contributed by atoms with E-state index in [1.807, 2.05) is 37.3 Å². The van der Waals surface area contributed by atoms with Crippen molar-refractivity contribution in [1.29, 1.82) is 0 Å². The van der Waals surface area contributed by atoms with Gasteiger partial charge in [0.2, 0.25) is 0 Å². The van der Waals surface area contributed by atoms with Gasteiger partial charge in [-0.25, -0.2) is 0 Å². The largest absolute Gasteiger partial charge is 0.469 e. The lowest BCUT2D eigenvalue weighted by Crippen LogP contribution is -2.33. The van der Waals surface area contributed by atoms with Crippen LogP contribution in [0.25, 0.3) is 0 Å². The molecule has 1 heterocycles. The Morgan fingerprint density at radius 1 is 1.30 bits per heavy atom. The standard InChI is InChI=1S/C16H19NO3/c1-11(10-15(18)13-6-4-3-5-7-13)17-16(19)14-8-9-20-12(14)2/h3-9,11,15,18H,10H2,1-2H3,(H,17,19). The molecule has 1 aromatic heterocycles. The van der Waals surface area contributed by atoms with E-state index in [4.69, 9.17) is 4.42 Å². The summed E-state index contributed by atoms with van der Waals surface area (Å²) >= 11 is 0. The number of rotatable bonds is 5. The summed E-state index contributed by atoms with van der Waals surface area (Å²) in [4.78, 5) is 12.0. The first-order chi connectivity index (χ1) is 9.58. The minimum atomic E-state index is -0.586. The molecule has 1 amide bonds. The number of aliphatic hydroxyl groups excluding tert-OH is 1. The first kappa shape index (κ1) is 14.3. The molecule has 0 saturated heterocycles. The van der Waals surface area contributed by atoms with Crippen LogP contribution in [0.1, 0.15) is 41.1 Å². The monoisotopic (exact) mass is 273 g/mol.